The molecule has 4 atom stereocenters. The first kappa shape index (κ1) is 20.3. The second-order valence-corrected chi connectivity index (χ2v) is 8.28. The third kappa shape index (κ3) is 4.02. The highest BCUT2D eigenvalue weighted by Gasteiger charge is 2.54. The van der Waals surface area contributed by atoms with E-state index in [9.17, 15) is 14.4 Å². The molecule has 2 fully saturated rings. The van der Waals surface area contributed by atoms with Crippen molar-refractivity contribution in [3.8, 4) is 0 Å². The van der Waals surface area contributed by atoms with E-state index in [-0.39, 0.29) is 36.1 Å². The molecule has 2 saturated carbocycles. The number of benzene rings is 2. The SMILES string of the molecule is CCc1ccccc1NC(=O)COC(=O)[C@H]1[C@@H]2CC[C@H](C2)[C@@H]1C(=O)c1ccccc1. The van der Waals surface area contributed by atoms with Gasteiger partial charge in [-0.3, -0.25) is 14.4 Å². The van der Waals surface area contributed by atoms with Gasteiger partial charge in [0, 0.05) is 17.2 Å². The summed E-state index contributed by atoms with van der Waals surface area (Å²) in [5.41, 5.74) is 2.40. The molecule has 0 unspecified atom stereocenters. The Bertz CT molecular complexity index is 939. The molecule has 156 valence electrons. The van der Waals surface area contributed by atoms with Gasteiger partial charge in [0.05, 0.1) is 5.92 Å². The zero-order chi connectivity index (χ0) is 21.1. The highest BCUT2D eigenvalue weighted by molar-refractivity contribution is 6.01. The lowest BCUT2D eigenvalue weighted by atomic mass is 9.75. The molecule has 2 aromatic rings. The monoisotopic (exact) mass is 405 g/mol. The fourth-order valence-corrected chi connectivity index (χ4v) is 5.17. The Labute approximate surface area is 176 Å². The molecule has 2 aliphatic carbocycles. The van der Waals surface area contributed by atoms with Crippen molar-refractivity contribution in [2.75, 3.05) is 11.9 Å². The molecule has 0 aliphatic heterocycles. The molecular weight excluding hydrogens is 378 g/mol. The molecule has 2 aromatic carbocycles. The van der Waals surface area contributed by atoms with Gasteiger partial charge in [-0.2, -0.15) is 0 Å². The van der Waals surface area contributed by atoms with Crippen molar-refractivity contribution >= 4 is 23.3 Å². The van der Waals surface area contributed by atoms with E-state index >= 15 is 0 Å². The predicted octanol–water partition coefficient (Wildman–Crippen LogP) is 4.28. The average molecular weight is 405 g/mol. The van der Waals surface area contributed by atoms with Gasteiger partial charge in [-0.05, 0) is 49.1 Å². The standard InChI is InChI=1S/C25H27NO4/c1-2-16-8-6-7-11-20(16)26-21(27)15-30-25(29)23-19-13-12-18(14-19)22(23)24(28)17-9-4-3-5-10-17/h3-11,18-19,22-23H,2,12-15H2,1H3,(H,26,27)/t18-,19-,22+,23+/m1/s1. The van der Waals surface area contributed by atoms with E-state index in [1.807, 2.05) is 49.4 Å². The van der Waals surface area contributed by atoms with Crippen LogP contribution in [0.2, 0.25) is 0 Å². The minimum absolute atomic E-state index is 0.0195. The van der Waals surface area contributed by atoms with Crippen LogP contribution in [0.3, 0.4) is 0 Å². The summed E-state index contributed by atoms with van der Waals surface area (Å²) in [5, 5.41) is 2.82. The number of Topliss-reactive ketones (excluding diaryl/α,β-unsaturated/α-hetero) is 1. The van der Waals surface area contributed by atoms with E-state index in [1.54, 1.807) is 12.1 Å². The molecule has 0 radical (unpaired) electrons. The van der Waals surface area contributed by atoms with Crippen LogP contribution in [0.1, 0.15) is 42.1 Å². The minimum Gasteiger partial charge on any atom is -0.455 e. The summed E-state index contributed by atoms with van der Waals surface area (Å²) in [6.45, 7) is 1.68. The van der Waals surface area contributed by atoms with Crippen LogP contribution in [0.15, 0.2) is 54.6 Å². The third-order valence-corrected chi connectivity index (χ3v) is 6.57. The zero-order valence-electron chi connectivity index (χ0n) is 17.2. The van der Waals surface area contributed by atoms with E-state index in [2.05, 4.69) is 5.32 Å². The van der Waals surface area contributed by atoms with Crippen molar-refractivity contribution in [3.63, 3.8) is 0 Å². The van der Waals surface area contributed by atoms with Gasteiger partial charge in [0.15, 0.2) is 12.4 Å². The Kier molecular flexibility index (Phi) is 5.98. The van der Waals surface area contributed by atoms with Gasteiger partial charge in [-0.25, -0.2) is 0 Å². The third-order valence-electron chi connectivity index (χ3n) is 6.57. The van der Waals surface area contributed by atoms with E-state index in [0.29, 0.717) is 5.56 Å². The van der Waals surface area contributed by atoms with Crippen molar-refractivity contribution in [1.82, 2.24) is 0 Å². The van der Waals surface area contributed by atoms with E-state index in [1.165, 1.54) is 0 Å². The molecule has 4 rings (SSSR count). The first-order chi connectivity index (χ1) is 14.6. The Morgan fingerprint density at radius 2 is 1.60 bits per heavy atom. The number of ketones is 1. The normalized spacial score (nSPS) is 24.4. The number of aryl methyl sites for hydroxylation is 1. The minimum atomic E-state index is -0.452. The Balaban J connectivity index is 1.40. The molecule has 30 heavy (non-hydrogen) atoms. The maximum absolute atomic E-state index is 13.1. The van der Waals surface area contributed by atoms with E-state index in [0.717, 1.165) is 36.9 Å². The van der Waals surface area contributed by atoms with Gasteiger partial charge in [0.1, 0.15) is 0 Å². The molecule has 0 spiro atoms. The van der Waals surface area contributed by atoms with E-state index < -0.39 is 11.9 Å². The average Bonchev–Trinajstić information content (AvgIpc) is 3.40. The molecule has 2 bridgehead atoms. The number of rotatable bonds is 7. The highest BCUT2D eigenvalue weighted by atomic mass is 16.5. The number of hydrogen-bond donors (Lipinski definition) is 1. The van der Waals surface area contributed by atoms with Crippen molar-refractivity contribution in [1.29, 1.82) is 0 Å². The first-order valence-electron chi connectivity index (χ1n) is 10.7. The second-order valence-electron chi connectivity index (χ2n) is 8.28. The van der Waals surface area contributed by atoms with Crippen LogP contribution in [0.5, 0.6) is 0 Å². The Morgan fingerprint density at radius 3 is 2.33 bits per heavy atom. The number of nitrogens with one attached hydrogen (secondary N) is 1. The number of esters is 1. The van der Waals surface area contributed by atoms with Crippen LogP contribution in [-0.2, 0) is 20.7 Å². The lowest BCUT2D eigenvalue weighted by molar-refractivity contribution is -0.154. The Hall–Kier alpha value is -2.95. The van der Waals surface area contributed by atoms with Crippen LogP contribution in [0.4, 0.5) is 5.69 Å². The van der Waals surface area contributed by atoms with Gasteiger partial charge in [-0.1, -0.05) is 55.5 Å². The summed E-state index contributed by atoms with van der Waals surface area (Å²) >= 11 is 0. The molecule has 0 aromatic heterocycles. The fraction of sp³-hybridized carbons (Fsp3) is 0.400. The van der Waals surface area contributed by atoms with Crippen LogP contribution in [0, 0.1) is 23.7 Å². The van der Waals surface area contributed by atoms with Crippen molar-refractivity contribution in [2.45, 2.75) is 32.6 Å². The van der Waals surface area contributed by atoms with Gasteiger partial charge in [-0.15, -0.1) is 0 Å². The number of hydrogen-bond acceptors (Lipinski definition) is 4. The zero-order valence-corrected chi connectivity index (χ0v) is 17.2. The fourth-order valence-electron chi connectivity index (χ4n) is 5.17. The summed E-state index contributed by atoms with van der Waals surface area (Å²) in [6.07, 6.45) is 3.61. The molecule has 0 saturated heterocycles. The first-order valence-corrected chi connectivity index (χ1v) is 10.7. The lowest BCUT2D eigenvalue weighted by Crippen LogP contribution is -2.37. The maximum Gasteiger partial charge on any atom is 0.310 e. The van der Waals surface area contributed by atoms with Gasteiger partial charge < -0.3 is 10.1 Å². The van der Waals surface area contributed by atoms with E-state index in [4.69, 9.17) is 4.74 Å². The van der Waals surface area contributed by atoms with Crippen LogP contribution in [0.25, 0.3) is 0 Å². The Morgan fingerprint density at radius 1 is 0.933 bits per heavy atom. The summed E-state index contributed by atoms with van der Waals surface area (Å²) < 4.78 is 5.40. The molecule has 0 heterocycles. The number of carbonyl (C=O) groups excluding carboxylic acids is 3. The maximum atomic E-state index is 13.1. The largest absolute Gasteiger partial charge is 0.455 e. The molecule has 1 N–H and O–H groups in total. The number of anilines is 1. The van der Waals surface area contributed by atoms with Crippen molar-refractivity contribution < 1.29 is 19.1 Å². The van der Waals surface area contributed by atoms with Crippen molar-refractivity contribution in [3.05, 3.63) is 65.7 Å². The summed E-state index contributed by atoms with van der Waals surface area (Å²) in [4.78, 5) is 38.4. The quantitative estimate of drug-likeness (QED) is 0.551. The summed E-state index contributed by atoms with van der Waals surface area (Å²) in [7, 11) is 0. The topological polar surface area (TPSA) is 72.5 Å². The lowest BCUT2D eigenvalue weighted by Gasteiger charge is -2.28. The predicted molar refractivity (Wildman–Crippen MR) is 114 cm³/mol. The molecule has 5 nitrogen and oxygen atoms in total. The second kappa shape index (κ2) is 8.82. The summed E-state index contributed by atoms with van der Waals surface area (Å²) in [5.74, 6) is -1.16. The number of fused-ring (bicyclic) bond motifs is 2. The van der Waals surface area contributed by atoms with Crippen LogP contribution in [-0.4, -0.2) is 24.3 Å². The van der Waals surface area contributed by atoms with Gasteiger partial charge >= 0.3 is 5.97 Å². The molecule has 1 amide bonds. The summed E-state index contributed by atoms with van der Waals surface area (Å²) in [6, 6.07) is 16.7. The number of ether oxygens (including phenoxy) is 1. The highest BCUT2D eigenvalue weighted by Crippen LogP contribution is 2.53. The molecule has 5 heteroatoms. The van der Waals surface area contributed by atoms with Crippen molar-refractivity contribution in [2.24, 2.45) is 23.7 Å². The number of para-hydroxylation sites is 1. The van der Waals surface area contributed by atoms with Crippen LogP contribution >= 0.6 is 0 Å². The van der Waals surface area contributed by atoms with Crippen LogP contribution < -0.4 is 5.32 Å². The molecular formula is C25H27NO4. The van der Waals surface area contributed by atoms with Gasteiger partial charge in [0.2, 0.25) is 0 Å². The smallest absolute Gasteiger partial charge is 0.310 e. The van der Waals surface area contributed by atoms with Gasteiger partial charge in [0.25, 0.3) is 5.91 Å². The number of carbonyl (C=O) groups is 3. The molecule has 2 aliphatic rings. The number of amides is 1.